The van der Waals surface area contributed by atoms with Crippen molar-refractivity contribution in [3.8, 4) is 0 Å². The Morgan fingerprint density at radius 2 is 1.71 bits per heavy atom. The lowest BCUT2D eigenvalue weighted by Gasteiger charge is -2.32. The minimum Gasteiger partial charge on any atom is -0.354 e. The third-order valence-electron chi connectivity index (χ3n) is 5.66. The summed E-state index contributed by atoms with van der Waals surface area (Å²) >= 11 is 0. The molecule has 0 saturated heterocycles. The van der Waals surface area contributed by atoms with Crippen molar-refractivity contribution in [3.05, 3.63) is 65.2 Å². The summed E-state index contributed by atoms with van der Waals surface area (Å²) in [5, 5.41) is 2.84. The van der Waals surface area contributed by atoms with E-state index in [9.17, 15) is 18.0 Å². The Morgan fingerprint density at radius 1 is 1.03 bits per heavy atom. The van der Waals surface area contributed by atoms with Crippen LogP contribution in [0.5, 0.6) is 0 Å². The fraction of sp³-hybridized carbons (Fsp3) is 0.462. The normalized spacial score (nSPS) is 12.3. The van der Waals surface area contributed by atoms with Crippen LogP contribution in [0.2, 0.25) is 0 Å². The highest BCUT2D eigenvalue weighted by Gasteiger charge is 2.31. The Morgan fingerprint density at radius 3 is 2.29 bits per heavy atom. The van der Waals surface area contributed by atoms with Gasteiger partial charge in [-0.2, -0.15) is 0 Å². The van der Waals surface area contributed by atoms with Crippen molar-refractivity contribution in [2.24, 2.45) is 0 Å². The lowest BCUT2D eigenvalue weighted by molar-refractivity contribution is -0.139. The van der Waals surface area contributed by atoms with Gasteiger partial charge in [-0.1, -0.05) is 68.8 Å². The Kier molecular flexibility index (Phi) is 9.67. The fourth-order valence-corrected chi connectivity index (χ4v) is 4.65. The van der Waals surface area contributed by atoms with E-state index in [1.165, 1.54) is 4.90 Å². The molecule has 0 aromatic heterocycles. The standard InChI is InChI=1S/C26H37N3O4S/c1-7-15-27-26(31)21(5)28(17-22-12-10-11-20(4)16-22)25(30)18-29(34(6,32)33)24-14-9-8-13-23(24)19(2)3/h8-14,16,19,21H,7,15,17-18H2,1-6H3,(H,27,31)/t21-/m1/s1. The topological polar surface area (TPSA) is 86.8 Å². The van der Waals surface area contributed by atoms with Gasteiger partial charge in [0.15, 0.2) is 0 Å². The molecule has 7 nitrogen and oxygen atoms in total. The van der Waals surface area contributed by atoms with Crippen LogP contribution in [0.15, 0.2) is 48.5 Å². The number of aryl methyl sites for hydroxylation is 1. The Hall–Kier alpha value is -2.87. The van der Waals surface area contributed by atoms with E-state index in [0.717, 1.165) is 33.7 Å². The lowest BCUT2D eigenvalue weighted by atomic mass is 10.0. The molecular weight excluding hydrogens is 450 g/mol. The van der Waals surface area contributed by atoms with Gasteiger partial charge in [0, 0.05) is 13.1 Å². The van der Waals surface area contributed by atoms with Crippen molar-refractivity contribution >= 4 is 27.5 Å². The van der Waals surface area contributed by atoms with E-state index >= 15 is 0 Å². The molecule has 2 aromatic carbocycles. The van der Waals surface area contributed by atoms with Crippen molar-refractivity contribution < 1.29 is 18.0 Å². The molecule has 2 amide bonds. The molecule has 8 heteroatoms. The molecule has 1 atom stereocenters. The van der Waals surface area contributed by atoms with Crippen LogP contribution in [-0.4, -0.2) is 50.5 Å². The molecule has 2 rings (SSSR count). The number of carbonyl (C=O) groups excluding carboxylic acids is 2. The molecule has 1 N–H and O–H groups in total. The largest absolute Gasteiger partial charge is 0.354 e. The first-order valence-corrected chi connectivity index (χ1v) is 13.5. The number of amides is 2. The molecule has 0 heterocycles. The van der Waals surface area contributed by atoms with E-state index in [1.807, 2.05) is 64.1 Å². The number of rotatable bonds is 11. The number of hydrogen-bond donors (Lipinski definition) is 1. The average Bonchev–Trinajstić information content (AvgIpc) is 2.78. The zero-order chi connectivity index (χ0) is 25.5. The molecule has 0 aliphatic heterocycles. The van der Waals surface area contributed by atoms with E-state index in [1.54, 1.807) is 19.1 Å². The molecule has 0 aliphatic carbocycles. The number of para-hydroxylation sites is 1. The minimum absolute atomic E-state index is 0.0673. The van der Waals surface area contributed by atoms with Crippen LogP contribution in [0, 0.1) is 6.92 Å². The average molecular weight is 488 g/mol. The van der Waals surface area contributed by atoms with Gasteiger partial charge in [0.25, 0.3) is 0 Å². The van der Waals surface area contributed by atoms with Crippen LogP contribution >= 0.6 is 0 Å². The number of hydrogen-bond acceptors (Lipinski definition) is 4. The number of sulfonamides is 1. The maximum atomic E-state index is 13.6. The van der Waals surface area contributed by atoms with E-state index in [0.29, 0.717) is 12.2 Å². The highest BCUT2D eigenvalue weighted by Crippen LogP contribution is 2.29. The first kappa shape index (κ1) is 27.4. The number of carbonyl (C=O) groups is 2. The maximum absolute atomic E-state index is 13.6. The third kappa shape index (κ3) is 7.32. The van der Waals surface area contributed by atoms with Crippen LogP contribution in [0.1, 0.15) is 56.7 Å². The molecule has 2 aromatic rings. The number of anilines is 1. The summed E-state index contributed by atoms with van der Waals surface area (Å²) in [7, 11) is -3.76. The second-order valence-corrected chi connectivity index (χ2v) is 10.9. The summed E-state index contributed by atoms with van der Waals surface area (Å²) in [5.74, 6) is -0.640. The van der Waals surface area contributed by atoms with Gasteiger partial charge in [-0.15, -0.1) is 0 Å². The predicted molar refractivity (Wildman–Crippen MR) is 137 cm³/mol. The molecule has 0 saturated carbocycles. The van der Waals surface area contributed by atoms with Gasteiger partial charge in [-0.05, 0) is 43.4 Å². The Labute approximate surface area is 204 Å². The summed E-state index contributed by atoms with van der Waals surface area (Å²) in [6.07, 6.45) is 1.87. The van der Waals surface area contributed by atoms with Crippen LogP contribution in [0.4, 0.5) is 5.69 Å². The van der Waals surface area contributed by atoms with Gasteiger partial charge in [0.05, 0.1) is 11.9 Å². The molecule has 186 valence electrons. The Bertz CT molecular complexity index is 1100. The number of nitrogens with zero attached hydrogens (tertiary/aromatic N) is 2. The second kappa shape index (κ2) is 12.0. The third-order valence-corrected chi connectivity index (χ3v) is 6.79. The summed E-state index contributed by atoms with van der Waals surface area (Å²) in [6.45, 7) is 9.86. The first-order chi connectivity index (χ1) is 16.0. The molecule has 34 heavy (non-hydrogen) atoms. The molecule has 0 bridgehead atoms. The van der Waals surface area contributed by atoms with Crippen molar-refractivity contribution in [1.29, 1.82) is 0 Å². The van der Waals surface area contributed by atoms with E-state index in [-0.39, 0.29) is 24.9 Å². The van der Waals surface area contributed by atoms with Crippen molar-refractivity contribution in [2.45, 2.75) is 59.5 Å². The van der Waals surface area contributed by atoms with Crippen molar-refractivity contribution in [3.63, 3.8) is 0 Å². The maximum Gasteiger partial charge on any atom is 0.244 e. The van der Waals surface area contributed by atoms with Gasteiger partial charge in [-0.25, -0.2) is 8.42 Å². The zero-order valence-electron chi connectivity index (χ0n) is 21.0. The molecule has 0 aliphatic rings. The van der Waals surface area contributed by atoms with Gasteiger partial charge < -0.3 is 10.2 Å². The zero-order valence-corrected chi connectivity index (χ0v) is 21.9. The van der Waals surface area contributed by atoms with E-state index in [4.69, 9.17) is 0 Å². The fourth-order valence-electron chi connectivity index (χ4n) is 3.78. The van der Waals surface area contributed by atoms with Crippen LogP contribution in [0.3, 0.4) is 0 Å². The SMILES string of the molecule is CCCNC(=O)[C@@H](C)N(Cc1cccc(C)c1)C(=O)CN(c1ccccc1C(C)C)S(C)(=O)=O. The monoisotopic (exact) mass is 487 g/mol. The molecular formula is C26H37N3O4S. The van der Waals surface area contributed by atoms with Gasteiger partial charge in [-0.3, -0.25) is 13.9 Å². The predicted octanol–water partition coefficient (Wildman–Crippen LogP) is 3.83. The quantitative estimate of drug-likeness (QED) is 0.522. The summed E-state index contributed by atoms with van der Waals surface area (Å²) in [5.41, 5.74) is 3.22. The van der Waals surface area contributed by atoms with Gasteiger partial charge in [0.2, 0.25) is 21.8 Å². The van der Waals surface area contributed by atoms with Crippen LogP contribution in [0.25, 0.3) is 0 Å². The van der Waals surface area contributed by atoms with Crippen molar-refractivity contribution in [2.75, 3.05) is 23.7 Å². The van der Waals surface area contributed by atoms with Crippen LogP contribution < -0.4 is 9.62 Å². The molecule has 0 fully saturated rings. The van der Waals surface area contributed by atoms with Crippen molar-refractivity contribution in [1.82, 2.24) is 10.2 Å². The minimum atomic E-state index is -3.76. The van der Waals surface area contributed by atoms with E-state index < -0.39 is 22.0 Å². The highest BCUT2D eigenvalue weighted by molar-refractivity contribution is 7.92. The molecule has 0 unspecified atom stereocenters. The summed E-state index contributed by atoms with van der Waals surface area (Å²) in [4.78, 5) is 27.8. The number of benzene rings is 2. The molecule has 0 spiro atoms. The van der Waals surface area contributed by atoms with E-state index in [2.05, 4.69) is 5.32 Å². The first-order valence-electron chi connectivity index (χ1n) is 11.6. The molecule has 0 radical (unpaired) electrons. The van der Waals surface area contributed by atoms with Crippen LogP contribution in [-0.2, 0) is 26.2 Å². The summed E-state index contributed by atoms with van der Waals surface area (Å²) < 4.78 is 26.7. The Balaban J connectivity index is 2.44. The van der Waals surface area contributed by atoms with Gasteiger partial charge in [0.1, 0.15) is 12.6 Å². The second-order valence-electron chi connectivity index (χ2n) is 8.96. The summed E-state index contributed by atoms with van der Waals surface area (Å²) in [6, 6.07) is 14.1. The highest BCUT2D eigenvalue weighted by atomic mass is 32.2. The number of nitrogens with one attached hydrogen (secondary N) is 1. The lowest BCUT2D eigenvalue weighted by Crippen LogP contribution is -2.51. The smallest absolute Gasteiger partial charge is 0.244 e. The van der Waals surface area contributed by atoms with Gasteiger partial charge >= 0.3 is 0 Å².